The Morgan fingerprint density at radius 3 is 2.50 bits per heavy atom. The van der Waals surface area contributed by atoms with Crippen LogP contribution in [0.2, 0.25) is 5.02 Å². The Morgan fingerprint density at radius 2 is 1.89 bits per heavy atom. The summed E-state index contributed by atoms with van der Waals surface area (Å²) in [6.07, 6.45) is 1.16. The number of benzene rings is 2. The fourth-order valence-electron chi connectivity index (χ4n) is 2.60. The molecule has 0 aliphatic heterocycles. The van der Waals surface area contributed by atoms with Gasteiger partial charge in [0.15, 0.2) is 0 Å². The number of nitrogens with zero attached hydrogens (tertiary/aromatic N) is 2. The zero-order valence-electron chi connectivity index (χ0n) is 15.0. The molecule has 0 radical (unpaired) electrons. The Kier molecular flexibility index (Phi) is 6.79. The molecule has 2 unspecified atom stereocenters. The molecule has 2 atom stereocenters. The van der Waals surface area contributed by atoms with E-state index in [0.717, 1.165) is 5.56 Å². The van der Waals surface area contributed by atoms with Crippen LogP contribution in [0, 0.1) is 12.2 Å². The molecule has 1 N–H and O–H groups in total. The van der Waals surface area contributed by atoms with E-state index < -0.39 is 21.5 Å². The van der Waals surface area contributed by atoms with Crippen molar-refractivity contribution >= 4 is 28.1 Å². The van der Waals surface area contributed by atoms with E-state index in [1.807, 2.05) is 30.3 Å². The smallest absolute Gasteiger partial charge is 0.234 e. The minimum absolute atomic E-state index is 0.361. The van der Waals surface area contributed by atoms with Crippen molar-refractivity contribution in [3.8, 4) is 5.31 Å². The lowest BCUT2D eigenvalue weighted by atomic mass is 10.1. The average molecular weight is 416 g/mol. The molecule has 0 saturated carbocycles. The monoisotopic (exact) mass is 415 g/mol. The first kappa shape index (κ1) is 20.0. The van der Waals surface area contributed by atoms with Crippen molar-refractivity contribution in [1.29, 1.82) is 0 Å². The maximum absolute atomic E-state index is 12.7. The van der Waals surface area contributed by atoms with Crippen LogP contribution in [0.5, 0.6) is 0 Å². The highest BCUT2D eigenvalue weighted by Crippen LogP contribution is 2.19. The first-order chi connectivity index (χ1) is 13.6. The molecule has 2 aromatic carbocycles. The molecule has 0 bridgehead atoms. The summed E-state index contributed by atoms with van der Waals surface area (Å²) in [5.74, 6) is 0.794. The summed E-state index contributed by atoms with van der Waals surface area (Å²) in [5, 5.41) is 13.3. The Hall–Kier alpha value is -2.70. The van der Waals surface area contributed by atoms with Crippen LogP contribution in [-0.4, -0.2) is 20.7 Å². The third-order valence-corrected chi connectivity index (χ3v) is 5.42. The molecule has 0 fully saturated rings. The van der Waals surface area contributed by atoms with Crippen LogP contribution < -0.4 is 5.32 Å². The van der Waals surface area contributed by atoms with Crippen molar-refractivity contribution in [1.82, 2.24) is 15.5 Å². The third-order valence-electron chi connectivity index (χ3n) is 4.01. The first-order valence-electron chi connectivity index (χ1n) is 8.53. The van der Waals surface area contributed by atoms with Gasteiger partial charge in [0, 0.05) is 17.3 Å². The molecule has 3 aromatic rings. The number of halogens is 1. The molecule has 1 heterocycles. The average Bonchev–Trinajstić information content (AvgIpc) is 3.14. The molecular weight excluding hydrogens is 398 g/mol. The van der Waals surface area contributed by atoms with E-state index in [9.17, 15) is 9.00 Å². The lowest BCUT2D eigenvalue weighted by molar-refractivity contribution is -0.107. The molecular formula is C20H18ClN3O3S. The zero-order chi connectivity index (χ0) is 19.9. The van der Waals surface area contributed by atoms with Gasteiger partial charge in [0.2, 0.25) is 11.8 Å². The number of hydrogen-bond donors (Lipinski definition) is 1. The second kappa shape index (κ2) is 9.48. The van der Waals surface area contributed by atoms with Crippen molar-refractivity contribution in [3.63, 3.8) is 0 Å². The molecule has 28 heavy (non-hydrogen) atoms. The number of carbonyl (C=O) groups is 1. The van der Waals surface area contributed by atoms with E-state index >= 15 is 0 Å². The van der Waals surface area contributed by atoms with Crippen LogP contribution in [0.25, 0.3) is 0 Å². The van der Waals surface area contributed by atoms with E-state index in [0.29, 0.717) is 35.1 Å². The Bertz CT molecular complexity index is 1080. The fourth-order valence-corrected chi connectivity index (χ4v) is 3.62. The van der Waals surface area contributed by atoms with Gasteiger partial charge in [-0.1, -0.05) is 54.1 Å². The number of aryl methyl sites for hydroxylation is 1. The lowest BCUT2D eigenvalue weighted by Gasteiger charge is -2.11. The summed E-state index contributed by atoms with van der Waals surface area (Å²) in [7, 11) is -1.72. The number of hydrogen-bond acceptors (Lipinski definition) is 6. The SMILES string of the molecule is Cc1nnc(C(Cc2ccccc2)NC#S(=O)C(C=O)c2ccc(Cl)cc2)o1. The van der Waals surface area contributed by atoms with Crippen LogP contribution in [-0.2, 0) is 21.4 Å². The van der Waals surface area contributed by atoms with Gasteiger partial charge in [0.1, 0.15) is 17.6 Å². The predicted octanol–water partition coefficient (Wildman–Crippen LogP) is 3.51. The number of aldehydes is 1. The van der Waals surface area contributed by atoms with Gasteiger partial charge in [-0.2, -0.15) is 0 Å². The van der Waals surface area contributed by atoms with Crippen LogP contribution in [0.4, 0.5) is 0 Å². The first-order valence-corrected chi connectivity index (χ1v) is 10.1. The van der Waals surface area contributed by atoms with Crippen molar-refractivity contribution in [2.24, 2.45) is 0 Å². The largest absolute Gasteiger partial charge is 0.424 e. The lowest BCUT2D eigenvalue weighted by Crippen LogP contribution is -2.20. The predicted molar refractivity (Wildman–Crippen MR) is 107 cm³/mol. The number of rotatable bonds is 6. The van der Waals surface area contributed by atoms with Gasteiger partial charge < -0.3 is 9.21 Å². The Morgan fingerprint density at radius 1 is 1.18 bits per heavy atom. The van der Waals surface area contributed by atoms with Gasteiger partial charge in [0.05, 0.1) is 10.2 Å². The number of nitrogens with one attached hydrogen (secondary N) is 1. The molecule has 1 aromatic heterocycles. The summed E-state index contributed by atoms with van der Waals surface area (Å²) >= 11 is 5.87. The summed E-state index contributed by atoms with van der Waals surface area (Å²) in [5.41, 5.74) is 1.63. The molecule has 3 rings (SSSR count). The Balaban J connectivity index is 1.85. The highest BCUT2D eigenvalue weighted by molar-refractivity contribution is 7.75. The topological polar surface area (TPSA) is 85.1 Å². The van der Waals surface area contributed by atoms with Gasteiger partial charge in [0.25, 0.3) is 0 Å². The van der Waals surface area contributed by atoms with Crippen molar-refractivity contribution in [2.75, 3.05) is 0 Å². The summed E-state index contributed by atoms with van der Waals surface area (Å²) in [6.45, 7) is 1.70. The Labute approximate surface area is 169 Å². The maximum Gasteiger partial charge on any atom is 0.234 e. The minimum atomic E-state index is -1.72. The summed E-state index contributed by atoms with van der Waals surface area (Å²) in [4.78, 5) is 11.5. The summed E-state index contributed by atoms with van der Waals surface area (Å²) in [6, 6.07) is 15.9. The second-order valence-corrected chi connectivity index (χ2v) is 7.80. The van der Waals surface area contributed by atoms with Crippen molar-refractivity contribution in [3.05, 3.63) is 82.5 Å². The maximum atomic E-state index is 12.7. The molecule has 0 aliphatic carbocycles. The van der Waals surface area contributed by atoms with Crippen LogP contribution in [0.3, 0.4) is 0 Å². The highest BCUT2D eigenvalue weighted by Gasteiger charge is 2.18. The van der Waals surface area contributed by atoms with Crippen LogP contribution in [0.15, 0.2) is 59.0 Å². The van der Waals surface area contributed by atoms with Gasteiger partial charge >= 0.3 is 0 Å². The molecule has 0 aliphatic rings. The number of aromatic nitrogens is 2. The minimum Gasteiger partial charge on any atom is -0.424 e. The highest BCUT2D eigenvalue weighted by atomic mass is 35.5. The summed E-state index contributed by atoms with van der Waals surface area (Å²) < 4.78 is 18.2. The van der Waals surface area contributed by atoms with E-state index in [4.69, 9.17) is 16.0 Å². The van der Waals surface area contributed by atoms with Gasteiger partial charge in [-0.05, 0) is 29.7 Å². The van der Waals surface area contributed by atoms with Gasteiger partial charge in [-0.3, -0.25) is 0 Å². The normalized spacial score (nSPS) is 12.8. The van der Waals surface area contributed by atoms with Crippen LogP contribution in [0.1, 0.15) is 34.2 Å². The molecule has 8 heteroatoms. The van der Waals surface area contributed by atoms with E-state index in [1.165, 1.54) is 0 Å². The quantitative estimate of drug-likeness (QED) is 0.489. The molecule has 6 nitrogen and oxygen atoms in total. The molecule has 144 valence electrons. The van der Waals surface area contributed by atoms with E-state index in [2.05, 4.69) is 20.8 Å². The van der Waals surface area contributed by atoms with Crippen molar-refractivity contribution in [2.45, 2.75) is 24.6 Å². The van der Waals surface area contributed by atoms with Gasteiger partial charge in [-0.25, -0.2) is 9.53 Å². The molecule has 0 spiro atoms. The fraction of sp³-hybridized carbons (Fsp3) is 0.200. The second-order valence-electron chi connectivity index (χ2n) is 6.05. The van der Waals surface area contributed by atoms with Crippen molar-refractivity contribution < 1.29 is 13.4 Å². The number of carbonyl (C=O) groups excluding carboxylic acids is 1. The zero-order valence-corrected chi connectivity index (χ0v) is 16.6. The molecule has 0 amide bonds. The third kappa shape index (κ3) is 5.18. The van der Waals surface area contributed by atoms with E-state index in [-0.39, 0.29) is 0 Å². The molecule has 0 saturated heterocycles. The van der Waals surface area contributed by atoms with Gasteiger partial charge in [-0.15, -0.1) is 10.2 Å². The standard InChI is InChI=1S/C20H18ClN3O3S/c1-14-23-24-20(27-14)18(11-15-5-3-2-4-6-15)22-13-28(26)19(12-25)16-7-9-17(21)10-8-16/h2-10,12,18-19,22H,11H2,1H3. The van der Waals surface area contributed by atoms with E-state index in [1.54, 1.807) is 31.2 Å². The van der Waals surface area contributed by atoms with Crippen LogP contribution >= 0.6 is 11.6 Å².